The summed E-state index contributed by atoms with van der Waals surface area (Å²) in [6, 6.07) is 5.69. The summed E-state index contributed by atoms with van der Waals surface area (Å²) in [6.07, 6.45) is 4.65. The van der Waals surface area contributed by atoms with Crippen LogP contribution in [0.5, 0.6) is 11.5 Å². The van der Waals surface area contributed by atoms with E-state index >= 15 is 0 Å². The molecule has 1 aliphatic heterocycles. The molecule has 0 atom stereocenters. The van der Waals surface area contributed by atoms with Crippen LogP contribution in [0.1, 0.15) is 17.7 Å². The maximum atomic E-state index is 11.7. The van der Waals surface area contributed by atoms with E-state index in [2.05, 4.69) is 15.8 Å². The molecular weight excluding hydrogens is 320 g/mol. The minimum Gasteiger partial charge on any atom is -0.454 e. The average Bonchev–Trinajstić information content (AvgIpc) is 3.13. The van der Waals surface area contributed by atoms with Crippen LogP contribution in [0.25, 0.3) is 0 Å². The second kappa shape index (κ2) is 7.85. The van der Waals surface area contributed by atoms with E-state index in [-0.39, 0.29) is 25.1 Å². The normalized spacial score (nSPS) is 11.9. The van der Waals surface area contributed by atoms with Crippen LogP contribution in [0, 0.1) is 0 Å². The number of nitrogens with zero attached hydrogens (tertiary/aromatic N) is 2. The molecule has 1 amide bonds. The van der Waals surface area contributed by atoms with Crippen molar-refractivity contribution in [1.82, 2.24) is 20.4 Å². The SMILES string of the molecule is Cl.Cn1cnc(CCC(=O)NNCc2ccc3c(c2)OCO3)c1. The van der Waals surface area contributed by atoms with Gasteiger partial charge in [-0.15, -0.1) is 12.4 Å². The molecule has 8 heteroatoms. The van der Waals surface area contributed by atoms with E-state index < -0.39 is 0 Å². The standard InChI is InChI=1S/C15H18N4O3.ClH/c1-19-8-12(16-9-19)3-5-15(20)18-17-7-11-2-4-13-14(6-11)22-10-21-13;/h2,4,6,8-9,17H,3,5,7,10H2,1H3,(H,18,20);1H. The fourth-order valence-corrected chi connectivity index (χ4v) is 2.20. The smallest absolute Gasteiger partial charge is 0.234 e. The number of hydrogen-bond acceptors (Lipinski definition) is 5. The van der Waals surface area contributed by atoms with Gasteiger partial charge in [0.1, 0.15) is 0 Å². The predicted octanol–water partition coefficient (Wildman–Crippen LogP) is 1.32. The molecule has 0 saturated heterocycles. The summed E-state index contributed by atoms with van der Waals surface area (Å²) in [5, 5.41) is 0. The molecule has 0 spiro atoms. The van der Waals surface area contributed by atoms with Gasteiger partial charge in [-0.1, -0.05) is 6.07 Å². The number of benzene rings is 1. The Labute approximate surface area is 140 Å². The van der Waals surface area contributed by atoms with Crippen molar-refractivity contribution in [2.75, 3.05) is 6.79 Å². The highest BCUT2D eigenvalue weighted by Gasteiger charge is 2.13. The highest BCUT2D eigenvalue weighted by Crippen LogP contribution is 2.32. The zero-order valence-corrected chi connectivity index (χ0v) is 13.6. The number of nitrogens with one attached hydrogen (secondary N) is 2. The van der Waals surface area contributed by atoms with Crippen LogP contribution < -0.4 is 20.3 Å². The fraction of sp³-hybridized carbons (Fsp3) is 0.333. The third-order valence-electron chi connectivity index (χ3n) is 3.32. The molecule has 7 nitrogen and oxygen atoms in total. The largest absolute Gasteiger partial charge is 0.454 e. The molecule has 0 radical (unpaired) electrons. The molecule has 1 aromatic heterocycles. The molecule has 3 rings (SSSR count). The van der Waals surface area contributed by atoms with Crippen molar-refractivity contribution in [2.24, 2.45) is 7.05 Å². The molecule has 0 unspecified atom stereocenters. The van der Waals surface area contributed by atoms with Crippen molar-refractivity contribution in [1.29, 1.82) is 0 Å². The molecule has 2 heterocycles. The number of ether oxygens (including phenoxy) is 2. The third-order valence-corrected chi connectivity index (χ3v) is 3.32. The van der Waals surface area contributed by atoms with Gasteiger partial charge < -0.3 is 14.0 Å². The molecule has 1 aliphatic rings. The molecule has 2 N–H and O–H groups in total. The quantitative estimate of drug-likeness (QED) is 0.777. The number of aromatic nitrogens is 2. The Morgan fingerprint density at radius 1 is 1.35 bits per heavy atom. The van der Waals surface area contributed by atoms with Gasteiger partial charge in [-0.2, -0.15) is 0 Å². The van der Waals surface area contributed by atoms with Crippen LogP contribution in [0.15, 0.2) is 30.7 Å². The molecule has 0 bridgehead atoms. The van der Waals surface area contributed by atoms with E-state index in [1.165, 1.54) is 0 Å². The minimum atomic E-state index is -0.0635. The molecule has 2 aromatic rings. The number of hydrazine groups is 1. The maximum absolute atomic E-state index is 11.7. The Bertz CT molecular complexity index is 674. The van der Waals surface area contributed by atoms with Gasteiger partial charge in [-0.25, -0.2) is 10.4 Å². The van der Waals surface area contributed by atoms with Gasteiger partial charge in [0.15, 0.2) is 11.5 Å². The highest BCUT2D eigenvalue weighted by molar-refractivity contribution is 5.85. The van der Waals surface area contributed by atoms with Crippen molar-refractivity contribution in [3.05, 3.63) is 42.0 Å². The van der Waals surface area contributed by atoms with E-state index in [0.717, 1.165) is 22.8 Å². The summed E-state index contributed by atoms with van der Waals surface area (Å²) < 4.78 is 12.4. The molecule has 0 saturated carbocycles. The van der Waals surface area contributed by atoms with Gasteiger partial charge in [-0.05, 0) is 24.1 Å². The summed E-state index contributed by atoms with van der Waals surface area (Å²) in [5.74, 6) is 1.43. The van der Waals surface area contributed by atoms with Gasteiger partial charge in [-0.3, -0.25) is 10.2 Å². The van der Waals surface area contributed by atoms with Crippen LogP contribution in [0.3, 0.4) is 0 Å². The Morgan fingerprint density at radius 3 is 2.96 bits per heavy atom. The Kier molecular flexibility index (Phi) is 5.84. The predicted molar refractivity (Wildman–Crippen MR) is 86.3 cm³/mol. The Morgan fingerprint density at radius 2 is 2.17 bits per heavy atom. The molecule has 23 heavy (non-hydrogen) atoms. The van der Waals surface area contributed by atoms with Gasteiger partial charge in [0.2, 0.25) is 12.7 Å². The molecule has 1 aromatic carbocycles. The zero-order chi connectivity index (χ0) is 15.4. The number of halogens is 1. The van der Waals surface area contributed by atoms with Crippen molar-refractivity contribution in [2.45, 2.75) is 19.4 Å². The first kappa shape index (κ1) is 17.1. The third kappa shape index (κ3) is 4.61. The lowest BCUT2D eigenvalue weighted by atomic mass is 10.2. The van der Waals surface area contributed by atoms with Gasteiger partial charge in [0.05, 0.1) is 12.0 Å². The first-order valence-electron chi connectivity index (χ1n) is 7.08. The average molecular weight is 339 g/mol. The number of carbonyl (C=O) groups is 1. The van der Waals surface area contributed by atoms with E-state index in [1.807, 2.05) is 36.0 Å². The van der Waals surface area contributed by atoms with Crippen LogP contribution >= 0.6 is 12.4 Å². The number of hydrogen-bond donors (Lipinski definition) is 2. The van der Waals surface area contributed by atoms with E-state index in [1.54, 1.807) is 6.33 Å². The number of carbonyl (C=O) groups excluding carboxylic acids is 1. The lowest BCUT2D eigenvalue weighted by Crippen LogP contribution is -2.36. The first-order valence-corrected chi connectivity index (χ1v) is 7.08. The lowest BCUT2D eigenvalue weighted by molar-refractivity contribution is -0.122. The summed E-state index contributed by atoms with van der Waals surface area (Å²) in [5.41, 5.74) is 7.51. The summed E-state index contributed by atoms with van der Waals surface area (Å²) in [7, 11) is 1.91. The van der Waals surface area contributed by atoms with Crippen LogP contribution in [-0.4, -0.2) is 22.3 Å². The fourth-order valence-electron chi connectivity index (χ4n) is 2.20. The van der Waals surface area contributed by atoms with E-state index in [0.29, 0.717) is 19.4 Å². The van der Waals surface area contributed by atoms with Crippen molar-refractivity contribution in [3.8, 4) is 11.5 Å². The number of rotatable bonds is 6. The second-order valence-corrected chi connectivity index (χ2v) is 5.12. The topological polar surface area (TPSA) is 77.4 Å². The van der Waals surface area contributed by atoms with Crippen molar-refractivity contribution >= 4 is 18.3 Å². The Hall–Kier alpha value is -2.25. The van der Waals surface area contributed by atoms with Crippen molar-refractivity contribution < 1.29 is 14.3 Å². The second-order valence-electron chi connectivity index (χ2n) is 5.12. The first-order chi connectivity index (χ1) is 10.7. The molecular formula is C15H19ClN4O3. The summed E-state index contributed by atoms with van der Waals surface area (Å²) in [6.45, 7) is 0.780. The summed E-state index contributed by atoms with van der Waals surface area (Å²) >= 11 is 0. The van der Waals surface area contributed by atoms with E-state index in [4.69, 9.17) is 9.47 Å². The molecule has 0 aliphatic carbocycles. The van der Waals surface area contributed by atoms with Gasteiger partial charge >= 0.3 is 0 Å². The number of amides is 1. The maximum Gasteiger partial charge on any atom is 0.234 e. The van der Waals surface area contributed by atoms with Crippen LogP contribution in [0.2, 0.25) is 0 Å². The molecule has 0 fully saturated rings. The van der Waals surface area contributed by atoms with Crippen molar-refractivity contribution in [3.63, 3.8) is 0 Å². The van der Waals surface area contributed by atoms with Gasteiger partial charge in [0.25, 0.3) is 0 Å². The monoisotopic (exact) mass is 338 g/mol. The van der Waals surface area contributed by atoms with Gasteiger partial charge in [0, 0.05) is 26.2 Å². The van der Waals surface area contributed by atoms with Crippen LogP contribution in [-0.2, 0) is 24.8 Å². The summed E-state index contributed by atoms with van der Waals surface area (Å²) in [4.78, 5) is 15.9. The van der Waals surface area contributed by atoms with Crippen LogP contribution in [0.4, 0.5) is 0 Å². The van der Waals surface area contributed by atoms with E-state index in [9.17, 15) is 4.79 Å². The minimum absolute atomic E-state index is 0. The number of imidazole rings is 1. The zero-order valence-electron chi connectivity index (χ0n) is 12.7. The number of aryl methyl sites for hydroxylation is 2. The number of fused-ring (bicyclic) bond motifs is 1. The Balaban J connectivity index is 0.00000192. The lowest BCUT2D eigenvalue weighted by Gasteiger charge is -2.07. The molecule has 124 valence electrons. The highest BCUT2D eigenvalue weighted by atomic mass is 35.5.